The molecule has 0 atom stereocenters. The molecule has 0 saturated heterocycles. The second-order valence-electron chi connectivity index (χ2n) is 5.34. The summed E-state index contributed by atoms with van der Waals surface area (Å²) in [7, 11) is 3.36. The van der Waals surface area contributed by atoms with Crippen LogP contribution in [-0.2, 0) is 11.3 Å². The third-order valence-electron chi connectivity index (χ3n) is 3.49. The average molecular weight is 486 g/mol. The third kappa shape index (κ3) is 8.44. The van der Waals surface area contributed by atoms with Crippen LogP contribution in [0.1, 0.15) is 12.5 Å². The minimum Gasteiger partial charge on any atom is -0.497 e. The molecule has 8 heteroatoms. The predicted octanol–water partition coefficient (Wildman–Crippen LogP) is 3.20. The highest BCUT2D eigenvalue weighted by Gasteiger charge is 2.02. The quantitative estimate of drug-likeness (QED) is 0.246. The predicted molar refractivity (Wildman–Crippen MR) is 117 cm³/mol. The molecule has 1 heterocycles. The van der Waals surface area contributed by atoms with Crippen LogP contribution in [0.25, 0.3) is 0 Å². The van der Waals surface area contributed by atoms with Crippen LogP contribution in [0.4, 0.5) is 0 Å². The number of guanidine groups is 1. The van der Waals surface area contributed by atoms with E-state index in [2.05, 4.69) is 20.6 Å². The highest BCUT2D eigenvalue weighted by molar-refractivity contribution is 14.0. The molecule has 0 aliphatic rings. The largest absolute Gasteiger partial charge is 0.497 e. The first kappa shape index (κ1) is 23.0. The molecule has 0 amide bonds. The molecule has 0 saturated carbocycles. The molecule has 0 spiro atoms. The van der Waals surface area contributed by atoms with Crippen molar-refractivity contribution in [1.29, 1.82) is 0 Å². The van der Waals surface area contributed by atoms with Gasteiger partial charge in [0.25, 0.3) is 0 Å². The summed E-state index contributed by atoms with van der Waals surface area (Å²) in [5.74, 6) is 2.68. The van der Waals surface area contributed by atoms with Gasteiger partial charge in [0.15, 0.2) is 5.96 Å². The Morgan fingerprint density at radius 1 is 1.15 bits per heavy atom. The summed E-state index contributed by atoms with van der Waals surface area (Å²) >= 11 is 0. The molecular weight excluding hydrogens is 459 g/mol. The minimum atomic E-state index is 0. The first-order valence-electron chi connectivity index (χ1n) is 8.54. The Kier molecular flexibility index (Phi) is 11.2. The van der Waals surface area contributed by atoms with E-state index in [1.165, 1.54) is 0 Å². The number of hydrogen-bond acceptors (Lipinski definition) is 5. The van der Waals surface area contributed by atoms with Crippen LogP contribution in [0.2, 0.25) is 0 Å². The van der Waals surface area contributed by atoms with Gasteiger partial charge >= 0.3 is 0 Å². The zero-order chi connectivity index (χ0) is 18.6. The van der Waals surface area contributed by atoms with Crippen molar-refractivity contribution in [1.82, 2.24) is 15.6 Å². The fraction of sp³-hybridized carbons (Fsp3) is 0.368. The second kappa shape index (κ2) is 13.2. The van der Waals surface area contributed by atoms with E-state index in [1.54, 1.807) is 20.4 Å². The molecule has 27 heavy (non-hydrogen) atoms. The normalized spacial score (nSPS) is 10.7. The number of hydrogen-bond donors (Lipinski definition) is 2. The molecule has 0 bridgehead atoms. The van der Waals surface area contributed by atoms with Gasteiger partial charge in [-0.15, -0.1) is 24.0 Å². The number of aromatic nitrogens is 1. The summed E-state index contributed by atoms with van der Waals surface area (Å²) in [6, 6.07) is 11.2. The molecule has 2 N–H and O–H groups in total. The lowest BCUT2D eigenvalue weighted by atomic mass is 10.3. The maximum absolute atomic E-state index is 5.74. The number of benzene rings is 1. The first-order valence-corrected chi connectivity index (χ1v) is 8.54. The Morgan fingerprint density at radius 2 is 1.96 bits per heavy atom. The van der Waals surface area contributed by atoms with E-state index in [4.69, 9.17) is 14.2 Å². The van der Waals surface area contributed by atoms with Gasteiger partial charge in [0.1, 0.15) is 11.5 Å². The van der Waals surface area contributed by atoms with Crippen LogP contribution < -0.4 is 20.1 Å². The molecule has 2 rings (SSSR count). The maximum atomic E-state index is 5.74. The topological polar surface area (TPSA) is 77.0 Å². The van der Waals surface area contributed by atoms with Gasteiger partial charge in [-0.3, -0.25) is 4.99 Å². The van der Waals surface area contributed by atoms with E-state index in [1.807, 2.05) is 43.3 Å². The second-order valence-corrected chi connectivity index (χ2v) is 5.34. The maximum Gasteiger partial charge on any atom is 0.219 e. The number of ether oxygens (including phenoxy) is 3. The molecule has 0 aliphatic carbocycles. The number of nitrogens with one attached hydrogen (secondary N) is 2. The van der Waals surface area contributed by atoms with E-state index in [9.17, 15) is 0 Å². The van der Waals surface area contributed by atoms with E-state index in [-0.39, 0.29) is 24.0 Å². The number of pyridine rings is 1. The van der Waals surface area contributed by atoms with Crippen LogP contribution in [0.3, 0.4) is 0 Å². The molecule has 2 aromatic rings. The van der Waals surface area contributed by atoms with Gasteiger partial charge < -0.3 is 24.8 Å². The lowest BCUT2D eigenvalue weighted by molar-refractivity contribution is 0.152. The van der Waals surface area contributed by atoms with Crippen molar-refractivity contribution in [3.8, 4) is 17.4 Å². The lowest BCUT2D eigenvalue weighted by Gasteiger charge is -2.12. The molecule has 1 aromatic heterocycles. The van der Waals surface area contributed by atoms with Crippen molar-refractivity contribution in [3.05, 3.63) is 48.2 Å². The Balaban J connectivity index is 0.00000364. The molecule has 0 fully saturated rings. The summed E-state index contributed by atoms with van der Waals surface area (Å²) < 4.78 is 16.2. The number of methoxy groups -OCH3 is 1. The smallest absolute Gasteiger partial charge is 0.219 e. The standard InChI is InChI=1S/C19H26N4O3.HI/c1-4-25-11-10-21-19(20-2)23-14-15-8-9-18(22-13-15)26-17-7-5-6-16(12-17)24-3;/h5-9,12-13H,4,10-11,14H2,1-3H3,(H2,20,21,23);1H. The number of rotatable bonds is 9. The lowest BCUT2D eigenvalue weighted by Crippen LogP contribution is -2.38. The molecule has 0 unspecified atom stereocenters. The highest BCUT2D eigenvalue weighted by Crippen LogP contribution is 2.23. The minimum absolute atomic E-state index is 0. The summed E-state index contributed by atoms with van der Waals surface area (Å²) in [5, 5.41) is 6.42. The van der Waals surface area contributed by atoms with Gasteiger partial charge in [-0.1, -0.05) is 12.1 Å². The molecule has 148 valence electrons. The van der Waals surface area contributed by atoms with Crippen molar-refractivity contribution in [2.75, 3.05) is 33.9 Å². The van der Waals surface area contributed by atoms with Crippen molar-refractivity contribution in [2.45, 2.75) is 13.5 Å². The van der Waals surface area contributed by atoms with Gasteiger partial charge in [-0.2, -0.15) is 0 Å². The number of aliphatic imine (C=N–C) groups is 1. The zero-order valence-electron chi connectivity index (χ0n) is 15.9. The molecule has 7 nitrogen and oxygen atoms in total. The highest BCUT2D eigenvalue weighted by atomic mass is 127. The Hall–Kier alpha value is -2.07. The fourth-order valence-corrected chi connectivity index (χ4v) is 2.15. The van der Waals surface area contributed by atoms with Gasteiger partial charge in [0.05, 0.1) is 13.7 Å². The van der Waals surface area contributed by atoms with Crippen molar-refractivity contribution >= 4 is 29.9 Å². The van der Waals surface area contributed by atoms with Gasteiger partial charge in [-0.05, 0) is 24.6 Å². The molecule has 0 radical (unpaired) electrons. The van der Waals surface area contributed by atoms with Crippen molar-refractivity contribution in [2.24, 2.45) is 4.99 Å². The van der Waals surface area contributed by atoms with Crippen LogP contribution >= 0.6 is 24.0 Å². The summed E-state index contributed by atoms with van der Waals surface area (Å²) in [4.78, 5) is 8.51. The Labute approximate surface area is 177 Å². The van der Waals surface area contributed by atoms with Gasteiger partial charge in [0, 0.05) is 45.1 Å². The third-order valence-corrected chi connectivity index (χ3v) is 3.49. The van der Waals surface area contributed by atoms with E-state index >= 15 is 0 Å². The monoisotopic (exact) mass is 486 g/mol. The van der Waals surface area contributed by atoms with Crippen LogP contribution in [0.5, 0.6) is 17.4 Å². The van der Waals surface area contributed by atoms with Crippen LogP contribution in [0.15, 0.2) is 47.6 Å². The summed E-state index contributed by atoms with van der Waals surface area (Å²) in [5.41, 5.74) is 1.02. The number of halogens is 1. The van der Waals surface area contributed by atoms with E-state index < -0.39 is 0 Å². The number of nitrogens with zero attached hydrogens (tertiary/aromatic N) is 2. The SMILES string of the molecule is CCOCCNC(=NC)NCc1ccc(Oc2cccc(OC)c2)nc1.I. The van der Waals surface area contributed by atoms with Crippen LogP contribution in [-0.4, -0.2) is 44.9 Å². The molecule has 1 aromatic carbocycles. The Bertz CT molecular complexity index is 696. The van der Waals surface area contributed by atoms with E-state index in [0.29, 0.717) is 37.9 Å². The first-order chi connectivity index (χ1) is 12.7. The fourth-order valence-electron chi connectivity index (χ4n) is 2.15. The summed E-state index contributed by atoms with van der Waals surface area (Å²) in [6.45, 7) is 4.65. The zero-order valence-corrected chi connectivity index (χ0v) is 18.2. The molecular formula is C19H27IN4O3. The van der Waals surface area contributed by atoms with Crippen molar-refractivity contribution in [3.63, 3.8) is 0 Å². The van der Waals surface area contributed by atoms with Gasteiger partial charge in [0.2, 0.25) is 5.88 Å². The Morgan fingerprint density at radius 3 is 2.63 bits per heavy atom. The van der Waals surface area contributed by atoms with Crippen LogP contribution in [0, 0.1) is 0 Å². The molecule has 0 aliphatic heterocycles. The average Bonchev–Trinajstić information content (AvgIpc) is 2.69. The van der Waals surface area contributed by atoms with E-state index in [0.717, 1.165) is 17.3 Å². The summed E-state index contributed by atoms with van der Waals surface area (Å²) in [6.07, 6.45) is 1.77. The van der Waals surface area contributed by atoms with Crippen molar-refractivity contribution < 1.29 is 14.2 Å². The van der Waals surface area contributed by atoms with Gasteiger partial charge in [-0.25, -0.2) is 4.98 Å².